The largest absolute Gasteiger partial charge is 0.322 e. The number of amides is 1. The Balaban J connectivity index is 2.14. The van der Waals surface area contributed by atoms with Crippen molar-refractivity contribution in [3.63, 3.8) is 0 Å². The van der Waals surface area contributed by atoms with E-state index in [4.69, 9.17) is 16.9 Å². The van der Waals surface area contributed by atoms with E-state index >= 15 is 0 Å². The molecule has 1 N–H and O–H groups in total. The minimum atomic E-state index is -0.234. The molecular weight excluding hydrogens is 248 g/mol. The molecule has 4 heteroatoms. The van der Waals surface area contributed by atoms with Crippen LogP contribution in [-0.2, 0) is 0 Å². The molecule has 0 aliphatic heterocycles. The molecule has 0 atom stereocenters. The molecule has 0 spiro atoms. The molecule has 2 aromatic rings. The lowest BCUT2D eigenvalue weighted by Crippen LogP contribution is -2.11. The van der Waals surface area contributed by atoms with E-state index in [0.717, 1.165) is 0 Å². The summed E-state index contributed by atoms with van der Waals surface area (Å²) in [7, 11) is 0. The van der Waals surface area contributed by atoms with Crippen LogP contribution in [-0.4, -0.2) is 5.91 Å². The van der Waals surface area contributed by atoms with Crippen LogP contribution in [0.5, 0.6) is 0 Å². The summed E-state index contributed by atoms with van der Waals surface area (Å²) in [4.78, 5) is 11.9. The third-order valence-electron chi connectivity index (χ3n) is 2.36. The Morgan fingerprint density at radius 2 is 1.89 bits per heavy atom. The first-order chi connectivity index (χ1) is 8.69. The summed E-state index contributed by atoms with van der Waals surface area (Å²) in [5, 5.41) is 12.0. The van der Waals surface area contributed by atoms with Crippen molar-refractivity contribution < 1.29 is 4.79 Å². The number of carbonyl (C=O) groups excluding carboxylic acids is 1. The molecule has 2 aromatic carbocycles. The van der Waals surface area contributed by atoms with Gasteiger partial charge in [-0.25, -0.2) is 0 Å². The van der Waals surface area contributed by atoms with Gasteiger partial charge in [-0.05, 0) is 42.5 Å². The minimum Gasteiger partial charge on any atom is -0.322 e. The van der Waals surface area contributed by atoms with Gasteiger partial charge >= 0.3 is 0 Å². The Morgan fingerprint density at radius 1 is 1.17 bits per heavy atom. The van der Waals surface area contributed by atoms with Crippen molar-refractivity contribution in [3.8, 4) is 6.07 Å². The normalized spacial score (nSPS) is 9.56. The van der Waals surface area contributed by atoms with E-state index in [1.807, 2.05) is 6.07 Å². The van der Waals surface area contributed by atoms with Gasteiger partial charge in [0.1, 0.15) is 0 Å². The molecule has 0 saturated carbocycles. The molecule has 0 aliphatic rings. The van der Waals surface area contributed by atoms with Gasteiger partial charge in [0.05, 0.1) is 11.6 Å². The molecule has 0 heterocycles. The summed E-state index contributed by atoms with van der Waals surface area (Å²) in [5.41, 5.74) is 1.65. The fraction of sp³-hybridized carbons (Fsp3) is 0. The summed E-state index contributed by atoms with van der Waals surface area (Å²) >= 11 is 5.83. The number of rotatable bonds is 2. The van der Waals surface area contributed by atoms with Crippen molar-refractivity contribution in [3.05, 3.63) is 64.7 Å². The topological polar surface area (TPSA) is 52.9 Å². The van der Waals surface area contributed by atoms with Crippen LogP contribution in [0.4, 0.5) is 5.69 Å². The molecule has 88 valence electrons. The van der Waals surface area contributed by atoms with Crippen molar-refractivity contribution in [2.24, 2.45) is 0 Å². The fourth-order valence-electron chi connectivity index (χ4n) is 1.47. The van der Waals surface area contributed by atoms with Crippen molar-refractivity contribution in [1.29, 1.82) is 5.26 Å². The standard InChI is InChI=1S/C14H9ClN2O/c15-12-2-1-3-13(8-12)17-14(18)11-6-4-10(9-16)5-7-11/h1-8H,(H,17,18). The molecule has 18 heavy (non-hydrogen) atoms. The molecule has 0 unspecified atom stereocenters. The van der Waals surface area contributed by atoms with Crippen LogP contribution < -0.4 is 5.32 Å². The maximum Gasteiger partial charge on any atom is 0.255 e. The Kier molecular flexibility index (Phi) is 3.61. The lowest BCUT2D eigenvalue weighted by atomic mass is 10.1. The maximum atomic E-state index is 11.9. The predicted molar refractivity (Wildman–Crippen MR) is 70.6 cm³/mol. The molecular formula is C14H9ClN2O. The molecule has 0 fully saturated rings. The maximum absolute atomic E-state index is 11.9. The summed E-state index contributed by atoms with van der Waals surface area (Å²) in [6.07, 6.45) is 0. The lowest BCUT2D eigenvalue weighted by molar-refractivity contribution is 0.102. The fourth-order valence-corrected chi connectivity index (χ4v) is 1.66. The van der Waals surface area contributed by atoms with Crippen LogP contribution in [0, 0.1) is 11.3 Å². The summed E-state index contributed by atoms with van der Waals surface area (Å²) in [6.45, 7) is 0. The summed E-state index contributed by atoms with van der Waals surface area (Å²) in [5.74, 6) is -0.234. The first-order valence-corrected chi connectivity index (χ1v) is 5.64. The zero-order valence-corrected chi connectivity index (χ0v) is 10.1. The van der Waals surface area contributed by atoms with Gasteiger partial charge < -0.3 is 5.32 Å². The highest BCUT2D eigenvalue weighted by Crippen LogP contribution is 2.16. The van der Waals surface area contributed by atoms with Gasteiger partial charge in [0.25, 0.3) is 5.91 Å². The van der Waals surface area contributed by atoms with E-state index in [1.54, 1.807) is 48.5 Å². The Morgan fingerprint density at radius 3 is 2.50 bits per heavy atom. The van der Waals surface area contributed by atoms with E-state index in [-0.39, 0.29) is 5.91 Å². The van der Waals surface area contributed by atoms with Crippen LogP contribution in [0.25, 0.3) is 0 Å². The predicted octanol–water partition coefficient (Wildman–Crippen LogP) is 3.46. The highest BCUT2D eigenvalue weighted by molar-refractivity contribution is 6.30. The molecule has 2 rings (SSSR count). The van der Waals surface area contributed by atoms with Crippen LogP contribution in [0.2, 0.25) is 5.02 Å². The van der Waals surface area contributed by atoms with Gasteiger partial charge in [-0.1, -0.05) is 17.7 Å². The molecule has 0 aliphatic carbocycles. The van der Waals surface area contributed by atoms with Crippen molar-refractivity contribution in [2.45, 2.75) is 0 Å². The minimum absolute atomic E-state index is 0.234. The van der Waals surface area contributed by atoms with Crippen molar-refractivity contribution in [2.75, 3.05) is 5.32 Å². The van der Waals surface area contributed by atoms with Crippen molar-refractivity contribution >= 4 is 23.2 Å². The quantitative estimate of drug-likeness (QED) is 0.895. The number of benzene rings is 2. The van der Waals surface area contributed by atoms with E-state index in [9.17, 15) is 4.79 Å². The van der Waals surface area contributed by atoms with Gasteiger partial charge in [-0.2, -0.15) is 5.26 Å². The average Bonchev–Trinajstić information content (AvgIpc) is 2.39. The molecule has 3 nitrogen and oxygen atoms in total. The zero-order valence-electron chi connectivity index (χ0n) is 9.35. The lowest BCUT2D eigenvalue weighted by Gasteiger charge is -2.05. The van der Waals surface area contributed by atoms with E-state index in [2.05, 4.69) is 5.32 Å². The monoisotopic (exact) mass is 256 g/mol. The number of hydrogen-bond acceptors (Lipinski definition) is 2. The first kappa shape index (κ1) is 12.2. The second kappa shape index (κ2) is 5.35. The van der Waals surface area contributed by atoms with E-state index < -0.39 is 0 Å². The van der Waals surface area contributed by atoms with Crippen LogP contribution in [0.1, 0.15) is 15.9 Å². The van der Waals surface area contributed by atoms with Gasteiger partial charge in [0.2, 0.25) is 0 Å². The van der Waals surface area contributed by atoms with Gasteiger partial charge in [-0.3, -0.25) is 4.79 Å². The van der Waals surface area contributed by atoms with E-state index in [1.165, 1.54) is 0 Å². The highest BCUT2D eigenvalue weighted by atomic mass is 35.5. The first-order valence-electron chi connectivity index (χ1n) is 5.26. The number of carbonyl (C=O) groups is 1. The SMILES string of the molecule is N#Cc1ccc(C(=O)Nc2cccc(Cl)c2)cc1. The number of nitriles is 1. The number of hydrogen-bond donors (Lipinski definition) is 1. The Labute approximate surface area is 110 Å². The zero-order chi connectivity index (χ0) is 13.0. The smallest absolute Gasteiger partial charge is 0.255 e. The summed E-state index contributed by atoms with van der Waals surface area (Å²) < 4.78 is 0. The van der Waals surface area contributed by atoms with Crippen LogP contribution in [0.15, 0.2) is 48.5 Å². The van der Waals surface area contributed by atoms with Crippen molar-refractivity contribution in [1.82, 2.24) is 0 Å². The molecule has 0 saturated heterocycles. The van der Waals surface area contributed by atoms with Gasteiger partial charge in [0, 0.05) is 16.3 Å². The van der Waals surface area contributed by atoms with Gasteiger partial charge in [0.15, 0.2) is 0 Å². The Bertz CT molecular complexity index is 614. The Hall–Kier alpha value is -2.31. The van der Waals surface area contributed by atoms with Crippen LogP contribution >= 0.6 is 11.6 Å². The molecule has 0 radical (unpaired) electrons. The molecule has 0 bridgehead atoms. The number of nitrogens with one attached hydrogen (secondary N) is 1. The third-order valence-corrected chi connectivity index (χ3v) is 2.59. The second-order valence-electron chi connectivity index (χ2n) is 3.65. The van der Waals surface area contributed by atoms with E-state index in [0.29, 0.717) is 21.8 Å². The third kappa shape index (κ3) is 2.88. The summed E-state index contributed by atoms with van der Waals surface area (Å²) in [6, 6.07) is 15.4. The number of anilines is 1. The molecule has 0 aromatic heterocycles. The average molecular weight is 257 g/mol. The highest BCUT2D eigenvalue weighted by Gasteiger charge is 2.05. The number of nitrogens with zero attached hydrogens (tertiary/aromatic N) is 1. The molecule has 1 amide bonds. The van der Waals surface area contributed by atoms with Gasteiger partial charge in [-0.15, -0.1) is 0 Å². The second-order valence-corrected chi connectivity index (χ2v) is 4.09. The number of halogens is 1. The van der Waals surface area contributed by atoms with Crippen LogP contribution in [0.3, 0.4) is 0 Å².